The molecule has 3 N–H and O–H groups in total. The highest BCUT2D eigenvalue weighted by molar-refractivity contribution is 6.03. The summed E-state index contributed by atoms with van der Waals surface area (Å²) in [4.78, 5) is 12.4. The summed E-state index contributed by atoms with van der Waals surface area (Å²) < 4.78 is 0. The first-order chi connectivity index (χ1) is 10.1. The van der Waals surface area contributed by atoms with Gasteiger partial charge in [-0.15, -0.1) is 0 Å². The van der Waals surface area contributed by atoms with Crippen LogP contribution in [0.2, 0.25) is 0 Å². The van der Waals surface area contributed by atoms with Gasteiger partial charge in [0.25, 0.3) is 5.91 Å². The Hall–Kier alpha value is -2.03. The highest BCUT2D eigenvalue weighted by Gasteiger charge is 2.24. The Morgan fingerprint density at radius 3 is 2.62 bits per heavy atom. The van der Waals surface area contributed by atoms with Crippen molar-refractivity contribution in [2.75, 3.05) is 12.3 Å². The number of nitrogens with one attached hydrogen (secondary N) is 1. The van der Waals surface area contributed by atoms with Gasteiger partial charge in [-0.05, 0) is 41.2 Å². The van der Waals surface area contributed by atoms with Crippen molar-refractivity contribution in [2.45, 2.75) is 26.2 Å². The molecule has 1 saturated carbocycles. The fourth-order valence-corrected chi connectivity index (χ4v) is 3.30. The molecule has 3 heteroatoms. The summed E-state index contributed by atoms with van der Waals surface area (Å²) in [6, 6.07) is 11.7. The van der Waals surface area contributed by atoms with Crippen LogP contribution in [0.3, 0.4) is 0 Å². The lowest BCUT2D eigenvalue weighted by Gasteiger charge is -2.16. The van der Waals surface area contributed by atoms with Crippen LogP contribution in [0, 0.1) is 11.8 Å². The number of hydrogen-bond acceptors (Lipinski definition) is 2. The van der Waals surface area contributed by atoms with Crippen molar-refractivity contribution in [2.24, 2.45) is 11.8 Å². The van der Waals surface area contributed by atoms with Crippen molar-refractivity contribution in [3.05, 3.63) is 42.0 Å². The summed E-state index contributed by atoms with van der Waals surface area (Å²) in [7, 11) is 0. The standard InChI is InChI=1S/C18H22N2O/c1-12-5-4-8-15(12)11-20-18(21)16-9-13-6-2-3-7-14(13)10-17(16)19/h2-3,6-7,9-10,12,15H,4-5,8,11,19H2,1H3,(H,20,21). The fourth-order valence-electron chi connectivity index (χ4n) is 3.30. The van der Waals surface area contributed by atoms with Crippen molar-refractivity contribution in [3.8, 4) is 0 Å². The van der Waals surface area contributed by atoms with Crippen molar-refractivity contribution in [3.63, 3.8) is 0 Å². The average molecular weight is 282 g/mol. The van der Waals surface area contributed by atoms with Crippen LogP contribution in [-0.2, 0) is 0 Å². The molecular formula is C18H22N2O. The Labute approximate surface area is 125 Å². The summed E-state index contributed by atoms with van der Waals surface area (Å²) in [5.74, 6) is 1.26. The molecule has 0 aromatic heterocycles. The van der Waals surface area contributed by atoms with Crippen LogP contribution in [-0.4, -0.2) is 12.5 Å². The highest BCUT2D eigenvalue weighted by Crippen LogP contribution is 2.30. The summed E-state index contributed by atoms with van der Waals surface area (Å²) in [6.45, 7) is 3.03. The van der Waals surface area contributed by atoms with E-state index in [0.29, 0.717) is 23.1 Å². The second-order valence-electron chi connectivity index (χ2n) is 6.16. The Morgan fingerprint density at radius 2 is 1.95 bits per heavy atom. The molecule has 0 spiro atoms. The van der Waals surface area contributed by atoms with Crippen molar-refractivity contribution in [1.82, 2.24) is 5.32 Å². The molecular weight excluding hydrogens is 260 g/mol. The summed E-state index contributed by atoms with van der Waals surface area (Å²) in [5.41, 5.74) is 7.17. The molecule has 0 aliphatic heterocycles. The molecule has 21 heavy (non-hydrogen) atoms. The Bertz CT molecular complexity index is 665. The normalized spacial score (nSPS) is 21.6. The lowest BCUT2D eigenvalue weighted by atomic mass is 9.98. The van der Waals surface area contributed by atoms with Crippen molar-refractivity contribution >= 4 is 22.4 Å². The van der Waals surface area contributed by atoms with Gasteiger partial charge in [-0.2, -0.15) is 0 Å². The molecule has 2 aromatic carbocycles. The Kier molecular flexibility index (Phi) is 3.82. The van der Waals surface area contributed by atoms with Crippen LogP contribution in [0.1, 0.15) is 36.5 Å². The van der Waals surface area contributed by atoms with Crippen molar-refractivity contribution < 1.29 is 4.79 Å². The number of rotatable bonds is 3. The molecule has 0 saturated heterocycles. The van der Waals surface area contributed by atoms with Gasteiger partial charge in [-0.25, -0.2) is 0 Å². The predicted molar refractivity (Wildman–Crippen MR) is 87.2 cm³/mol. The van der Waals surface area contributed by atoms with Crippen molar-refractivity contribution in [1.29, 1.82) is 0 Å². The third-order valence-corrected chi connectivity index (χ3v) is 4.73. The van der Waals surface area contributed by atoms with E-state index in [2.05, 4.69) is 12.2 Å². The largest absolute Gasteiger partial charge is 0.398 e. The maximum atomic E-state index is 12.4. The molecule has 1 aliphatic carbocycles. The number of amides is 1. The van der Waals surface area contributed by atoms with E-state index >= 15 is 0 Å². The lowest BCUT2D eigenvalue weighted by Crippen LogP contribution is -2.30. The van der Waals surface area contributed by atoms with E-state index in [1.165, 1.54) is 19.3 Å². The van der Waals surface area contributed by atoms with Crippen LogP contribution < -0.4 is 11.1 Å². The molecule has 0 radical (unpaired) electrons. The third-order valence-electron chi connectivity index (χ3n) is 4.73. The molecule has 0 bridgehead atoms. The molecule has 2 unspecified atom stereocenters. The van der Waals surface area contributed by atoms with E-state index in [4.69, 9.17) is 5.73 Å². The van der Waals surface area contributed by atoms with E-state index in [-0.39, 0.29) is 5.91 Å². The smallest absolute Gasteiger partial charge is 0.253 e. The first-order valence-corrected chi connectivity index (χ1v) is 7.71. The van der Waals surface area contributed by atoms with Gasteiger partial charge in [-0.3, -0.25) is 4.79 Å². The van der Waals surface area contributed by atoms with Crippen LogP contribution in [0.25, 0.3) is 10.8 Å². The van der Waals surface area contributed by atoms with E-state index in [1.54, 1.807) is 0 Å². The van der Waals surface area contributed by atoms with Crippen LogP contribution in [0.5, 0.6) is 0 Å². The van der Waals surface area contributed by atoms with Gasteiger partial charge in [-0.1, -0.05) is 44.0 Å². The highest BCUT2D eigenvalue weighted by atomic mass is 16.1. The first-order valence-electron chi connectivity index (χ1n) is 7.71. The Balaban J connectivity index is 1.76. The monoisotopic (exact) mass is 282 g/mol. The number of hydrogen-bond donors (Lipinski definition) is 2. The SMILES string of the molecule is CC1CCCC1CNC(=O)c1cc2ccccc2cc1N. The van der Waals surface area contributed by atoms with Gasteiger partial charge in [0, 0.05) is 12.2 Å². The van der Waals surface area contributed by atoms with Gasteiger partial charge >= 0.3 is 0 Å². The zero-order valence-corrected chi connectivity index (χ0v) is 12.4. The third kappa shape index (κ3) is 2.87. The zero-order valence-electron chi connectivity index (χ0n) is 12.4. The maximum absolute atomic E-state index is 12.4. The Morgan fingerprint density at radius 1 is 1.24 bits per heavy atom. The van der Waals surface area contributed by atoms with Crippen LogP contribution in [0.4, 0.5) is 5.69 Å². The molecule has 2 atom stereocenters. The van der Waals surface area contributed by atoms with Gasteiger partial charge in [0.05, 0.1) is 5.56 Å². The topological polar surface area (TPSA) is 55.1 Å². The molecule has 1 fully saturated rings. The number of fused-ring (bicyclic) bond motifs is 1. The van der Waals surface area contributed by atoms with E-state index < -0.39 is 0 Å². The van der Waals surface area contributed by atoms with Gasteiger partial charge in [0.15, 0.2) is 0 Å². The lowest BCUT2D eigenvalue weighted by molar-refractivity contribution is 0.0945. The minimum Gasteiger partial charge on any atom is -0.398 e. The van der Waals surface area contributed by atoms with Crippen LogP contribution >= 0.6 is 0 Å². The number of nitrogen functional groups attached to an aromatic ring is 1. The second-order valence-corrected chi connectivity index (χ2v) is 6.16. The maximum Gasteiger partial charge on any atom is 0.253 e. The minimum absolute atomic E-state index is 0.0580. The summed E-state index contributed by atoms with van der Waals surface area (Å²) in [5, 5.41) is 5.17. The average Bonchev–Trinajstić information content (AvgIpc) is 2.89. The fraction of sp³-hybridized carbons (Fsp3) is 0.389. The van der Waals surface area contributed by atoms with Crippen LogP contribution in [0.15, 0.2) is 36.4 Å². The van der Waals surface area contributed by atoms with Gasteiger partial charge < -0.3 is 11.1 Å². The number of carbonyl (C=O) groups excluding carboxylic acids is 1. The quantitative estimate of drug-likeness (QED) is 0.845. The summed E-state index contributed by atoms with van der Waals surface area (Å²) in [6.07, 6.45) is 3.77. The number of benzene rings is 2. The molecule has 1 amide bonds. The predicted octanol–water partition coefficient (Wildman–Crippen LogP) is 3.59. The van der Waals surface area contributed by atoms with Gasteiger partial charge in [0.1, 0.15) is 0 Å². The molecule has 0 heterocycles. The number of carbonyl (C=O) groups is 1. The summed E-state index contributed by atoms with van der Waals surface area (Å²) >= 11 is 0. The number of anilines is 1. The van der Waals surface area contributed by atoms with E-state index in [1.807, 2.05) is 36.4 Å². The molecule has 2 aromatic rings. The number of nitrogens with two attached hydrogens (primary N) is 1. The first kappa shape index (κ1) is 13.9. The minimum atomic E-state index is -0.0580. The molecule has 110 valence electrons. The molecule has 3 rings (SSSR count). The zero-order chi connectivity index (χ0) is 14.8. The van der Waals surface area contributed by atoms with E-state index in [0.717, 1.165) is 17.3 Å². The molecule has 1 aliphatic rings. The second kappa shape index (κ2) is 5.76. The molecule has 3 nitrogen and oxygen atoms in total. The van der Waals surface area contributed by atoms with E-state index in [9.17, 15) is 4.79 Å². The van der Waals surface area contributed by atoms with Gasteiger partial charge in [0.2, 0.25) is 0 Å².